The second kappa shape index (κ2) is 57.9. The summed E-state index contributed by atoms with van der Waals surface area (Å²) < 4.78 is 16.7. The molecule has 6 heteroatoms. The molecule has 0 rings (SSSR count). The van der Waals surface area contributed by atoms with Crippen molar-refractivity contribution < 1.29 is 28.6 Å². The number of carbonyl (C=O) groups is 3. The molecule has 0 aliphatic rings. The van der Waals surface area contributed by atoms with Crippen LogP contribution in [0.1, 0.15) is 226 Å². The van der Waals surface area contributed by atoms with E-state index in [0.717, 1.165) is 96.3 Å². The predicted molar refractivity (Wildman–Crippen MR) is 306 cm³/mol. The van der Waals surface area contributed by atoms with E-state index in [0.29, 0.717) is 19.3 Å². The molecule has 398 valence electrons. The minimum atomic E-state index is -0.854. The lowest BCUT2D eigenvalue weighted by Gasteiger charge is -2.18. The van der Waals surface area contributed by atoms with E-state index in [1.165, 1.54) is 77.0 Å². The molecular weight excluding hydrogens is 877 g/mol. The van der Waals surface area contributed by atoms with Gasteiger partial charge in [0.05, 0.1) is 0 Å². The SMILES string of the molecule is CC/C=C\C/C=C\C/C=C\C/C=C\C/C=C\C/C=C\CCC(=O)OC[C@@H](COC(=O)CCCCCCCCCCCCCCCCC)OC(=O)CC/C=C\C/C=C\C/C=C\C/C=C\C/C=C\C/C=C\CC. The second-order valence-electron chi connectivity index (χ2n) is 18.1. The molecule has 0 spiro atoms. The summed E-state index contributed by atoms with van der Waals surface area (Å²) in [6.07, 6.45) is 82.9. The number of esters is 3. The molecule has 0 aliphatic carbocycles. The third kappa shape index (κ3) is 56.1. The minimum Gasteiger partial charge on any atom is -0.462 e. The normalized spacial score (nSPS) is 13.2. The van der Waals surface area contributed by atoms with Crippen molar-refractivity contribution in [2.24, 2.45) is 0 Å². The number of rotatable bonds is 49. The highest BCUT2D eigenvalue weighted by Gasteiger charge is 2.19. The molecular formula is C65H102O6. The Morgan fingerprint density at radius 3 is 0.859 bits per heavy atom. The summed E-state index contributed by atoms with van der Waals surface area (Å²) in [6, 6.07) is 0. The first-order valence-corrected chi connectivity index (χ1v) is 28.3. The van der Waals surface area contributed by atoms with E-state index in [2.05, 4.69) is 142 Å². The van der Waals surface area contributed by atoms with Crippen LogP contribution >= 0.6 is 0 Å². The van der Waals surface area contributed by atoms with E-state index in [1.807, 2.05) is 24.3 Å². The summed E-state index contributed by atoms with van der Waals surface area (Å²) in [4.78, 5) is 38.1. The van der Waals surface area contributed by atoms with Gasteiger partial charge < -0.3 is 14.2 Å². The van der Waals surface area contributed by atoms with Gasteiger partial charge in [-0.3, -0.25) is 14.4 Å². The van der Waals surface area contributed by atoms with Gasteiger partial charge in [-0.05, 0) is 96.3 Å². The summed E-state index contributed by atoms with van der Waals surface area (Å²) in [5.41, 5.74) is 0. The smallest absolute Gasteiger partial charge is 0.306 e. The molecule has 0 aromatic carbocycles. The first kappa shape index (κ1) is 66.3. The van der Waals surface area contributed by atoms with E-state index < -0.39 is 12.1 Å². The highest BCUT2D eigenvalue weighted by atomic mass is 16.6. The van der Waals surface area contributed by atoms with Crippen LogP contribution in [0, 0.1) is 0 Å². The summed E-state index contributed by atoms with van der Waals surface area (Å²) >= 11 is 0. The topological polar surface area (TPSA) is 78.9 Å². The molecule has 0 heterocycles. The van der Waals surface area contributed by atoms with Crippen molar-refractivity contribution in [2.45, 2.75) is 232 Å². The zero-order valence-electron chi connectivity index (χ0n) is 45.4. The van der Waals surface area contributed by atoms with Gasteiger partial charge in [0, 0.05) is 19.3 Å². The van der Waals surface area contributed by atoms with Crippen LogP contribution < -0.4 is 0 Å². The van der Waals surface area contributed by atoms with Gasteiger partial charge in [0.1, 0.15) is 13.2 Å². The van der Waals surface area contributed by atoms with Crippen LogP contribution in [0.25, 0.3) is 0 Å². The molecule has 0 aromatic rings. The van der Waals surface area contributed by atoms with Gasteiger partial charge in [-0.1, -0.05) is 256 Å². The quantitative estimate of drug-likeness (QED) is 0.0262. The first-order valence-electron chi connectivity index (χ1n) is 28.3. The molecule has 0 bridgehead atoms. The molecule has 0 saturated carbocycles. The average Bonchev–Trinajstić information content (AvgIpc) is 3.37. The molecule has 6 nitrogen and oxygen atoms in total. The fourth-order valence-electron chi connectivity index (χ4n) is 7.20. The monoisotopic (exact) mass is 979 g/mol. The Morgan fingerprint density at radius 1 is 0.296 bits per heavy atom. The summed E-state index contributed by atoms with van der Waals surface area (Å²) in [5.74, 6) is -1.11. The van der Waals surface area contributed by atoms with Crippen LogP contribution in [0.2, 0.25) is 0 Å². The van der Waals surface area contributed by atoms with Gasteiger partial charge in [0.2, 0.25) is 0 Å². The first-order chi connectivity index (χ1) is 35.0. The van der Waals surface area contributed by atoms with Crippen molar-refractivity contribution in [3.63, 3.8) is 0 Å². The standard InChI is InChI=1S/C65H102O6/c1-4-7-10-13-16-19-22-25-28-30-32-34-37-40-43-46-49-52-55-58-64(67)70-61-62(60-69-63(66)57-54-51-48-45-42-39-36-27-24-21-18-15-12-9-6-3)71-65(68)59-56-53-50-47-44-41-38-35-33-31-29-26-23-20-17-14-11-8-5-2/h7-8,10-11,16-17,19-20,25-26,28-29,32-35,40-41,43-44,49-50,52-53,62H,4-6,9,12-15,18,21-24,27,30-31,36-39,42,45-48,51,54-61H2,1-3H3/b10-7-,11-8-,19-16-,20-17-,28-25-,29-26-,34-32-,35-33-,43-40-,44-41-,52-49-,53-50-/t62-/m1/s1. The molecule has 0 saturated heterocycles. The fraction of sp³-hybridized carbons (Fsp3) is 0.585. The molecule has 0 aliphatic heterocycles. The van der Waals surface area contributed by atoms with E-state index in [4.69, 9.17) is 14.2 Å². The van der Waals surface area contributed by atoms with Crippen LogP contribution in [0.4, 0.5) is 0 Å². The molecule has 1 atom stereocenters. The highest BCUT2D eigenvalue weighted by molar-refractivity contribution is 5.71. The lowest BCUT2D eigenvalue weighted by atomic mass is 10.0. The average molecular weight is 980 g/mol. The largest absolute Gasteiger partial charge is 0.462 e. The minimum absolute atomic E-state index is 0.135. The number of hydrogen-bond acceptors (Lipinski definition) is 6. The van der Waals surface area contributed by atoms with Crippen molar-refractivity contribution >= 4 is 17.9 Å². The van der Waals surface area contributed by atoms with Gasteiger partial charge in [-0.25, -0.2) is 0 Å². The second-order valence-corrected chi connectivity index (χ2v) is 18.1. The Balaban J connectivity index is 4.64. The Morgan fingerprint density at radius 2 is 0.549 bits per heavy atom. The molecule has 71 heavy (non-hydrogen) atoms. The molecule has 0 radical (unpaired) electrons. The maximum absolute atomic E-state index is 12.8. The Bertz CT molecular complexity index is 1590. The Labute approximate surface area is 436 Å². The van der Waals surface area contributed by atoms with Gasteiger partial charge in [-0.2, -0.15) is 0 Å². The summed E-state index contributed by atoms with van der Waals surface area (Å²) in [7, 11) is 0. The van der Waals surface area contributed by atoms with Crippen LogP contribution in [0.15, 0.2) is 146 Å². The number of allylic oxidation sites excluding steroid dienone is 24. The van der Waals surface area contributed by atoms with Crippen LogP contribution in [0.5, 0.6) is 0 Å². The zero-order chi connectivity index (χ0) is 51.4. The number of hydrogen-bond donors (Lipinski definition) is 0. The third-order valence-corrected chi connectivity index (χ3v) is 11.4. The van der Waals surface area contributed by atoms with Gasteiger partial charge in [0.15, 0.2) is 6.10 Å². The predicted octanol–water partition coefficient (Wildman–Crippen LogP) is 19.2. The van der Waals surface area contributed by atoms with E-state index in [1.54, 1.807) is 0 Å². The van der Waals surface area contributed by atoms with Crippen molar-refractivity contribution in [3.8, 4) is 0 Å². The Kier molecular flexibility index (Phi) is 54.0. The van der Waals surface area contributed by atoms with Gasteiger partial charge >= 0.3 is 17.9 Å². The lowest BCUT2D eigenvalue weighted by molar-refractivity contribution is -0.166. The van der Waals surface area contributed by atoms with Crippen LogP contribution in [-0.2, 0) is 28.6 Å². The summed E-state index contributed by atoms with van der Waals surface area (Å²) in [6.45, 7) is 6.28. The molecule has 0 amide bonds. The number of unbranched alkanes of at least 4 members (excludes halogenated alkanes) is 14. The molecule has 0 N–H and O–H groups in total. The third-order valence-electron chi connectivity index (χ3n) is 11.4. The van der Waals surface area contributed by atoms with Crippen molar-refractivity contribution in [2.75, 3.05) is 13.2 Å². The maximum atomic E-state index is 12.8. The molecule has 0 aromatic heterocycles. The lowest BCUT2D eigenvalue weighted by Crippen LogP contribution is -2.30. The number of ether oxygens (including phenoxy) is 3. The maximum Gasteiger partial charge on any atom is 0.306 e. The van der Waals surface area contributed by atoms with E-state index >= 15 is 0 Å². The molecule has 0 fully saturated rings. The Hall–Kier alpha value is -4.71. The molecule has 0 unspecified atom stereocenters. The van der Waals surface area contributed by atoms with Crippen LogP contribution in [0.3, 0.4) is 0 Å². The van der Waals surface area contributed by atoms with Crippen LogP contribution in [-0.4, -0.2) is 37.2 Å². The summed E-state index contributed by atoms with van der Waals surface area (Å²) in [5, 5.41) is 0. The van der Waals surface area contributed by atoms with Crippen molar-refractivity contribution in [3.05, 3.63) is 146 Å². The van der Waals surface area contributed by atoms with Crippen molar-refractivity contribution in [1.29, 1.82) is 0 Å². The fourth-order valence-corrected chi connectivity index (χ4v) is 7.20. The van der Waals surface area contributed by atoms with E-state index in [9.17, 15) is 14.4 Å². The van der Waals surface area contributed by atoms with E-state index in [-0.39, 0.29) is 38.0 Å². The van der Waals surface area contributed by atoms with Gasteiger partial charge in [0.25, 0.3) is 0 Å². The number of carbonyl (C=O) groups excluding carboxylic acids is 3. The van der Waals surface area contributed by atoms with Crippen molar-refractivity contribution in [1.82, 2.24) is 0 Å². The zero-order valence-corrected chi connectivity index (χ0v) is 45.4. The van der Waals surface area contributed by atoms with Gasteiger partial charge in [-0.15, -0.1) is 0 Å². The highest BCUT2D eigenvalue weighted by Crippen LogP contribution is 2.14.